The van der Waals surface area contributed by atoms with Crippen LogP contribution in [0.15, 0.2) is 66.9 Å². The van der Waals surface area contributed by atoms with Crippen LogP contribution < -0.4 is 15.8 Å². The van der Waals surface area contributed by atoms with Crippen molar-refractivity contribution in [3.63, 3.8) is 0 Å². The molecule has 4 rings (SSSR count). The zero-order valence-corrected chi connectivity index (χ0v) is 17.0. The Bertz CT molecular complexity index is 1320. The molecule has 0 radical (unpaired) electrons. The number of nitrogens with zero attached hydrogens (tertiary/aromatic N) is 4. The monoisotopic (exact) mass is 412 g/mol. The van der Waals surface area contributed by atoms with Gasteiger partial charge in [0.25, 0.3) is 5.91 Å². The van der Waals surface area contributed by atoms with Crippen LogP contribution in [0.25, 0.3) is 5.65 Å². The average Bonchev–Trinajstić information content (AvgIpc) is 3.13. The van der Waals surface area contributed by atoms with Gasteiger partial charge in [0.2, 0.25) is 5.95 Å². The molecule has 8 nitrogen and oxygen atoms in total. The lowest BCUT2D eigenvalue weighted by molar-refractivity contribution is 0.102. The lowest BCUT2D eigenvalue weighted by Gasteiger charge is -2.16. The van der Waals surface area contributed by atoms with Gasteiger partial charge in [-0.2, -0.15) is 10.2 Å². The van der Waals surface area contributed by atoms with Crippen molar-refractivity contribution in [2.45, 2.75) is 19.3 Å². The second-order valence-electron chi connectivity index (χ2n) is 7.54. The maximum absolute atomic E-state index is 12.7. The van der Waals surface area contributed by atoms with Crippen LogP contribution in [0.2, 0.25) is 0 Å². The van der Waals surface area contributed by atoms with Crippen LogP contribution >= 0.6 is 0 Å². The molecule has 0 atom stereocenters. The summed E-state index contributed by atoms with van der Waals surface area (Å²) in [6.07, 6.45) is 1.67. The summed E-state index contributed by atoms with van der Waals surface area (Å²) >= 11 is 0. The number of rotatable bonds is 5. The maximum atomic E-state index is 12.7. The van der Waals surface area contributed by atoms with Crippen molar-refractivity contribution in [2.24, 2.45) is 0 Å². The molecule has 0 aliphatic carbocycles. The van der Waals surface area contributed by atoms with Crippen LogP contribution in [0, 0.1) is 11.3 Å². The number of aromatic nitrogens is 3. The van der Waals surface area contributed by atoms with Gasteiger partial charge >= 0.3 is 0 Å². The molecule has 2 aromatic heterocycles. The minimum atomic E-state index is -0.681. The Morgan fingerprint density at radius 1 is 1.13 bits per heavy atom. The zero-order chi connectivity index (χ0) is 22.0. The van der Waals surface area contributed by atoms with E-state index in [9.17, 15) is 10.1 Å². The van der Waals surface area contributed by atoms with Crippen molar-refractivity contribution in [2.75, 3.05) is 11.1 Å². The van der Waals surface area contributed by atoms with Gasteiger partial charge < -0.3 is 15.8 Å². The molecule has 0 spiro atoms. The third kappa shape index (κ3) is 4.31. The molecule has 4 aromatic rings. The number of hydrogen-bond donors (Lipinski definition) is 2. The van der Waals surface area contributed by atoms with E-state index in [2.05, 4.69) is 21.5 Å². The SMILES string of the molecule is CC(C)(C#N)c1cccc(C(=O)Nc2cccc(Oc3ccc4nc(N)nn4c3)c2)c1. The van der Waals surface area contributed by atoms with Gasteiger partial charge in [0, 0.05) is 17.3 Å². The molecule has 0 bridgehead atoms. The summed E-state index contributed by atoms with van der Waals surface area (Å²) in [6.45, 7) is 3.63. The third-order valence-corrected chi connectivity index (χ3v) is 4.77. The highest BCUT2D eigenvalue weighted by molar-refractivity contribution is 6.04. The first kappa shape index (κ1) is 19.9. The number of nitriles is 1. The smallest absolute Gasteiger partial charge is 0.255 e. The van der Waals surface area contributed by atoms with E-state index in [1.54, 1.807) is 60.8 Å². The fourth-order valence-electron chi connectivity index (χ4n) is 3.03. The van der Waals surface area contributed by atoms with Crippen molar-refractivity contribution in [3.8, 4) is 17.6 Å². The van der Waals surface area contributed by atoms with E-state index in [4.69, 9.17) is 10.5 Å². The summed E-state index contributed by atoms with van der Waals surface area (Å²) in [4.78, 5) is 16.8. The van der Waals surface area contributed by atoms with Crippen molar-refractivity contribution in [1.82, 2.24) is 14.6 Å². The summed E-state index contributed by atoms with van der Waals surface area (Å²) in [5.41, 5.74) is 7.38. The standard InChI is InChI=1S/C23H20N6O2/c1-23(2,14-24)16-6-3-5-15(11-16)21(30)26-17-7-4-8-18(12-17)31-19-9-10-20-27-22(25)28-29(20)13-19/h3-13H,1-2H3,(H2,25,28)(H,26,30). The van der Waals surface area contributed by atoms with Crippen LogP contribution in [0.5, 0.6) is 11.5 Å². The third-order valence-electron chi connectivity index (χ3n) is 4.77. The van der Waals surface area contributed by atoms with Gasteiger partial charge in [-0.25, -0.2) is 4.52 Å². The Hall–Kier alpha value is -4.38. The molecule has 3 N–H and O–H groups in total. The minimum Gasteiger partial charge on any atom is -0.456 e. The molecule has 1 amide bonds. The average molecular weight is 412 g/mol. The van der Waals surface area contributed by atoms with Crippen LogP contribution in [-0.4, -0.2) is 20.5 Å². The predicted octanol–water partition coefficient (Wildman–Crippen LogP) is 4.16. The number of nitrogen functional groups attached to an aromatic ring is 1. The first-order chi connectivity index (χ1) is 14.8. The molecular weight excluding hydrogens is 392 g/mol. The van der Waals surface area contributed by atoms with Gasteiger partial charge in [0.15, 0.2) is 5.65 Å². The molecule has 8 heteroatoms. The van der Waals surface area contributed by atoms with E-state index in [0.29, 0.717) is 28.4 Å². The summed E-state index contributed by atoms with van der Waals surface area (Å²) in [5.74, 6) is 1.01. The lowest BCUT2D eigenvalue weighted by Crippen LogP contribution is -2.17. The summed E-state index contributed by atoms with van der Waals surface area (Å²) in [5, 5.41) is 16.3. The van der Waals surface area contributed by atoms with E-state index in [1.165, 1.54) is 4.52 Å². The quantitative estimate of drug-likeness (QED) is 0.508. The highest BCUT2D eigenvalue weighted by atomic mass is 16.5. The van der Waals surface area contributed by atoms with E-state index in [1.807, 2.05) is 19.9 Å². The second kappa shape index (κ2) is 7.80. The molecular formula is C23H20N6O2. The molecule has 154 valence electrons. The highest BCUT2D eigenvalue weighted by Crippen LogP contribution is 2.26. The Balaban J connectivity index is 1.51. The fourth-order valence-corrected chi connectivity index (χ4v) is 3.03. The fraction of sp³-hybridized carbons (Fsp3) is 0.130. The van der Waals surface area contributed by atoms with Crippen LogP contribution in [-0.2, 0) is 5.41 Å². The number of benzene rings is 2. The number of anilines is 2. The Kier molecular flexibility index (Phi) is 5.01. The molecule has 0 unspecified atom stereocenters. The molecule has 0 saturated carbocycles. The predicted molar refractivity (Wildman–Crippen MR) is 117 cm³/mol. The number of carbonyl (C=O) groups excluding carboxylic acids is 1. The van der Waals surface area contributed by atoms with Gasteiger partial charge in [-0.1, -0.05) is 18.2 Å². The Labute approximate surface area is 178 Å². The van der Waals surface area contributed by atoms with Crippen LogP contribution in [0.3, 0.4) is 0 Å². The van der Waals surface area contributed by atoms with Gasteiger partial charge in [-0.15, -0.1) is 5.10 Å². The lowest BCUT2D eigenvalue weighted by atomic mass is 9.85. The Morgan fingerprint density at radius 2 is 1.94 bits per heavy atom. The van der Waals surface area contributed by atoms with E-state index in [-0.39, 0.29) is 11.9 Å². The molecule has 0 saturated heterocycles. The van der Waals surface area contributed by atoms with Gasteiger partial charge in [0.05, 0.1) is 17.7 Å². The van der Waals surface area contributed by atoms with E-state index in [0.717, 1.165) is 5.56 Å². The summed E-state index contributed by atoms with van der Waals surface area (Å²) in [6, 6.07) is 19.9. The number of ether oxygens (including phenoxy) is 1. The molecule has 2 aromatic carbocycles. The first-order valence-corrected chi connectivity index (χ1v) is 9.57. The molecule has 0 aliphatic heterocycles. The minimum absolute atomic E-state index is 0.184. The zero-order valence-electron chi connectivity index (χ0n) is 17.0. The van der Waals surface area contributed by atoms with Gasteiger partial charge in [-0.3, -0.25) is 4.79 Å². The first-order valence-electron chi connectivity index (χ1n) is 9.57. The Morgan fingerprint density at radius 3 is 2.74 bits per heavy atom. The number of pyridine rings is 1. The van der Waals surface area contributed by atoms with Crippen molar-refractivity contribution >= 4 is 23.2 Å². The van der Waals surface area contributed by atoms with Crippen molar-refractivity contribution in [3.05, 3.63) is 78.0 Å². The molecule has 31 heavy (non-hydrogen) atoms. The number of nitrogens with two attached hydrogens (primary N) is 1. The molecule has 0 aliphatic rings. The maximum Gasteiger partial charge on any atom is 0.255 e. The number of amides is 1. The van der Waals surface area contributed by atoms with Crippen LogP contribution in [0.4, 0.5) is 11.6 Å². The highest BCUT2D eigenvalue weighted by Gasteiger charge is 2.20. The normalized spacial score (nSPS) is 11.1. The number of fused-ring (bicyclic) bond motifs is 1. The second-order valence-corrected chi connectivity index (χ2v) is 7.54. The van der Waals surface area contributed by atoms with Crippen LogP contribution in [0.1, 0.15) is 29.8 Å². The largest absolute Gasteiger partial charge is 0.456 e. The topological polar surface area (TPSA) is 118 Å². The van der Waals surface area contributed by atoms with Gasteiger partial charge in [0.1, 0.15) is 11.5 Å². The van der Waals surface area contributed by atoms with Crippen molar-refractivity contribution < 1.29 is 9.53 Å². The van der Waals surface area contributed by atoms with E-state index >= 15 is 0 Å². The van der Waals surface area contributed by atoms with Crippen molar-refractivity contribution in [1.29, 1.82) is 5.26 Å². The summed E-state index contributed by atoms with van der Waals surface area (Å²) in [7, 11) is 0. The van der Waals surface area contributed by atoms with E-state index < -0.39 is 5.41 Å². The number of hydrogen-bond acceptors (Lipinski definition) is 6. The summed E-state index contributed by atoms with van der Waals surface area (Å²) < 4.78 is 7.42. The number of nitrogens with one attached hydrogen (secondary N) is 1. The van der Waals surface area contributed by atoms with Gasteiger partial charge in [-0.05, 0) is 55.8 Å². The molecule has 0 fully saturated rings. The number of carbonyl (C=O) groups is 1. The molecule has 2 heterocycles.